The molecular weight excluding hydrogens is 238 g/mol. The van der Waals surface area contributed by atoms with Crippen molar-refractivity contribution in [2.75, 3.05) is 0 Å². The van der Waals surface area contributed by atoms with Crippen molar-refractivity contribution in [1.29, 1.82) is 0 Å². The number of pyridine rings is 1. The van der Waals surface area contributed by atoms with Gasteiger partial charge in [0, 0.05) is 17.3 Å². The molecule has 0 atom stereocenters. The Morgan fingerprint density at radius 3 is 2.11 bits per heavy atom. The van der Waals surface area contributed by atoms with Crippen LogP contribution in [0, 0.1) is 17.8 Å². The van der Waals surface area contributed by atoms with Crippen LogP contribution < -0.4 is 0 Å². The van der Waals surface area contributed by atoms with Crippen LogP contribution in [-0.4, -0.2) is 16.1 Å². The van der Waals surface area contributed by atoms with Crippen LogP contribution in [0.4, 0.5) is 0 Å². The summed E-state index contributed by atoms with van der Waals surface area (Å²) in [4.78, 5) is 15.4. The molecule has 4 aliphatic rings. The zero-order valence-corrected chi connectivity index (χ0v) is 11.0. The third-order valence-corrected chi connectivity index (χ3v) is 5.59. The fourth-order valence-electron chi connectivity index (χ4n) is 5.26. The highest BCUT2D eigenvalue weighted by Gasteiger charge is 2.52. The molecule has 0 amide bonds. The van der Waals surface area contributed by atoms with Gasteiger partial charge in [-0.1, -0.05) is 0 Å². The SMILES string of the molecule is O=C(O)c1ccc(C23CC4CC(CC(C4)C2)C3)nc1. The highest BCUT2D eigenvalue weighted by Crippen LogP contribution is 2.60. The van der Waals surface area contributed by atoms with Gasteiger partial charge < -0.3 is 5.11 Å². The molecule has 0 saturated heterocycles. The van der Waals surface area contributed by atoms with E-state index in [1.54, 1.807) is 6.07 Å². The molecule has 0 aromatic carbocycles. The molecule has 0 radical (unpaired) electrons. The van der Waals surface area contributed by atoms with Gasteiger partial charge in [-0.3, -0.25) is 4.98 Å². The van der Waals surface area contributed by atoms with E-state index in [0.29, 0.717) is 5.56 Å². The van der Waals surface area contributed by atoms with Crippen LogP contribution in [0.15, 0.2) is 18.3 Å². The van der Waals surface area contributed by atoms with E-state index in [9.17, 15) is 4.79 Å². The fourth-order valence-corrected chi connectivity index (χ4v) is 5.26. The third kappa shape index (κ3) is 1.71. The molecule has 1 heterocycles. The lowest BCUT2D eigenvalue weighted by Crippen LogP contribution is -2.48. The first kappa shape index (κ1) is 11.4. The molecule has 4 fully saturated rings. The molecule has 3 nitrogen and oxygen atoms in total. The Morgan fingerprint density at radius 1 is 1.11 bits per heavy atom. The number of hydrogen-bond donors (Lipinski definition) is 1. The van der Waals surface area contributed by atoms with Crippen molar-refractivity contribution in [1.82, 2.24) is 4.98 Å². The first-order valence-corrected chi connectivity index (χ1v) is 7.34. The second-order valence-electron chi connectivity index (χ2n) is 6.94. The van der Waals surface area contributed by atoms with Crippen LogP contribution in [-0.2, 0) is 5.41 Å². The predicted octanol–water partition coefficient (Wildman–Crippen LogP) is 3.25. The molecule has 3 heteroatoms. The van der Waals surface area contributed by atoms with E-state index in [2.05, 4.69) is 4.98 Å². The number of carbonyl (C=O) groups is 1. The maximum Gasteiger partial charge on any atom is 0.337 e. The van der Waals surface area contributed by atoms with Crippen LogP contribution in [0.25, 0.3) is 0 Å². The number of aromatic nitrogens is 1. The van der Waals surface area contributed by atoms with E-state index < -0.39 is 5.97 Å². The molecule has 1 aromatic rings. The summed E-state index contributed by atoms with van der Waals surface area (Å²) in [5.74, 6) is 1.80. The third-order valence-electron chi connectivity index (χ3n) is 5.59. The molecule has 4 aliphatic carbocycles. The van der Waals surface area contributed by atoms with Crippen molar-refractivity contribution in [3.63, 3.8) is 0 Å². The molecular formula is C16H19NO2. The first-order chi connectivity index (χ1) is 9.14. The number of hydrogen-bond acceptors (Lipinski definition) is 2. The lowest BCUT2D eigenvalue weighted by Gasteiger charge is -2.56. The van der Waals surface area contributed by atoms with Gasteiger partial charge in [0.05, 0.1) is 5.56 Å². The number of carboxylic acids is 1. The summed E-state index contributed by atoms with van der Waals surface area (Å²) in [6.45, 7) is 0. The fraction of sp³-hybridized carbons (Fsp3) is 0.625. The second-order valence-corrected chi connectivity index (χ2v) is 6.94. The molecule has 100 valence electrons. The van der Waals surface area contributed by atoms with Gasteiger partial charge in [0.1, 0.15) is 0 Å². The second kappa shape index (κ2) is 3.81. The number of carboxylic acid groups (broad SMARTS) is 1. The molecule has 0 unspecified atom stereocenters. The smallest absolute Gasteiger partial charge is 0.337 e. The quantitative estimate of drug-likeness (QED) is 0.884. The monoisotopic (exact) mass is 257 g/mol. The Labute approximate surface area is 113 Å². The van der Waals surface area contributed by atoms with E-state index in [1.807, 2.05) is 6.07 Å². The molecule has 19 heavy (non-hydrogen) atoms. The normalized spacial score (nSPS) is 39.5. The zero-order valence-electron chi connectivity index (χ0n) is 11.0. The lowest BCUT2D eigenvalue weighted by molar-refractivity contribution is -0.00722. The van der Waals surface area contributed by atoms with Crippen molar-refractivity contribution in [2.24, 2.45) is 17.8 Å². The maximum absolute atomic E-state index is 10.9. The minimum atomic E-state index is -0.885. The van der Waals surface area contributed by atoms with Gasteiger partial charge in [0.25, 0.3) is 0 Å². The van der Waals surface area contributed by atoms with Crippen molar-refractivity contribution < 1.29 is 9.90 Å². The summed E-state index contributed by atoms with van der Waals surface area (Å²) in [5.41, 5.74) is 1.72. The van der Waals surface area contributed by atoms with Gasteiger partial charge in [-0.2, -0.15) is 0 Å². The summed E-state index contributed by atoms with van der Waals surface area (Å²) >= 11 is 0. The Kier molecular flexibility index (Phi) is 2.30. The molecule has 5 rings (SSSR count). The predicted molar refractivity (Wildman–Crippen MR) is 71.0 cm³/mol. The summed E-state index contributed by atoms with van der Waals surface area (Å²) in [7, 11) is 0. The number of aromatic carboxylic acids is 1. The van der Waals surface area contributed by atoms with Crippen molar-refractivity contribution in [3.05, 3.63) is 29.6 Å². The molecule has 0 spiro atoms. The van der Waals surface area contributed by atoms with Crippen LogP contribution in [0.3, 0.4) is 0 Å². The molecule has 1 aromatic heterocycles. The highest BCUT2D eigenvalue weighted by atomic mass is 16.4. The van der Waals surface area contributed by atoms with Crippen molar-refractivity contribution in [3.8, 4) is 0 Å². The summed E-state index contributed by atoms with van der Waals surface area (Å²) < 4.78 is 0. The van der Waals surface area contributed by atoms with Gasteiger partial charge in [-0.15, -0.1) is 0 Å². The molecule has 1 N–H and O–H groups in total. The Balaban J connectivity index is 1.69. The van der Waals surface area contributed by atoms with Crippen molar-refractivity contribution >= 4 is 5.97 Å². The minimum absolute atomic E-state index is 0.270. The van der Waals surface area contributed by atoms with E-state index in [1.165, 1.54) is 44.7 Å². The Bertz CT molecular complexity index is 485. The number of nitrogens with zero attached hydrogens (tertiary/aromatic N) is 1. The first-order valence-electron chi connectivity index (χ1n) is 7.34. The van der Waals surface area contributed by atoms with E-state index in [-0.39, 0.29) is 5.41 Å². The summed E-state index contributed by atoms with van der Waals surface area (Å²) in [6.07, 6.45) is 9.64. The number of rotatable bonds is 2. The van der Waals surface area contributed by atoms with Gasteiger partial charge >= 0.3 is 5.97 Å². The summed E-state index contributed by atoms with van der Waals surface area (Å²) in [6, 6.07) is 3.69. The van der Waals surface area contributed by atoms with Crippen molar-refractivity contribution in [2.45, 2.75) is 43.9 Å². The molecule has 0 aliphatic heterocycles. The standard InChI is InChI=1S/C16H19NO2/c18-15(19)13-1-2-14(17-9-13)16-6-10-3-11(7-16)5-12(4-10)8-16/h1-2,9-12H,3-8H2,(H,18,19). The average Bonchev–Trinajstić information content (AvgIpc) is 2.37. The Hall–Kier alpha value is -1.38. The van der Waals surface area contributed by atoms with Crippen LogP contribution in [0.2, 0.25) is 0 Å². The zero-order chi connectivity index (χ0) is 13.0. The average molecular weight is 257 g/mol. The van der Waals surface area contributed by atoms with E-state index >= 15 is 0 Å². The van der Waals surface area contributed by atoms with Gasteiger partial charge in [0.15, 0.2) is 0 Å². The van der Waals surface area contributed by atoms with E-state index in [4.69, 9.17) is 5.11 Å². The highest BCUT2D eigenvalue weighted by molar-refractivity contribution is 5.87. The van der Waals surface area contributed by atoms with Crippen LogP contribution >= 0.6 is 0 Å². The maximum atomic E-state index is 10.9. The van der Waals surface area contributed by atoms with Gasteiger partial charge in [-0.25, -0.2) is 4.79 Å². The topological polar surface area (TPSA) is 50.2 Å². The Morgan fingerprint density at radius 2 is 1.68 bits per heavy atom. The van der Waals surface area contributed by atoms with Crippen LogP contribution in [0.5, 0.6) is 0 Å². The van der Waals surface area contributed by atoms with Gasteiger partial charge in [-0.05, 0) is 68.4 Å². The molecule has 4 bridgehead atoms. The summed E-state index contributed by atoms with van der Waals surface area (Å²) in [5, 5.41) is 8.97. The minimum Gasteiger partial charge on any atom is -0.478 e. The molecule has 4 saturated carbocycles. The largest absolute Gasteiger partial charge is 0.478 e. The van der Waals surface area contributed by atoms with Crippen LogP contribution in [0.1, 0.15) is 54.6 Å². The van der Waals surface area contributed by atoms with Gasteiger partial charge in [0.2, 0.25) is 0 Å². The lowest BCUT2D eigenvalue weighted by atomic mass is 9.49. The van der Waals surface area contributed by atoms with E-state index in [0.717, 1.165) is 23.4 Å².